The number of nitro groups is 1. The number of phenols is 1. The normalized spacial score (nSPS) is 13.4. The summed E-state index contributed by atoms with van der Waals surface area (Å²) in [6.07, 6.45) is -8.10. The molecular formula is C9H8F3NO4. The molecule has 0 saturated heterocycles. The van der Waals surface area contributed by atoms with Gasteiger partial charge in [0.25, 0.3) is 0 Å². The minimum absolute atomic E-state index is 0.0436. The molecule has 1 aromatic rings. The molecule has 2 N–H and O–H groups in total. The van der Waals surface area contributed by atoms with E-state index in [4.69, 9.17) is 5.11 Å². The van der Waals surface area contributed by atoms with E-state index in [9.17, 15) is 28.4 Å². The second-order valence-electron chi connectivity index (χ2n) is 3.34. The molecule has 5 nitrogen and oxygen atoms in total. The van der Waals surface area contributed by atoms with Crippen LogP contribution in [-0.2, 0) is 6.42 Å². The van der Waals surface area contributed by atoms with E-state index in [0.29, 0.717) is 0 Å². The van der Waals surface area contributed by atoms with Gasteiger partial charge in [-0.05, 0) is 11.6 Å². The Labute approximate surface area is 93.3 Å². The summed E-state index contributed by atoms with van der Waals surface area (Å²) in [6, 6.07) is 2.76. The van der Waals surface area contributed by atoms with Crippen LogP contribution in [0.1, 0.15) is 5.56 Å². The first-order valence-electron chi connectivity index (χ1n) is 4.43. The summed E-state index contributed by atoms with van der Waals surface area (Å²) in [5.41, 5.74) is -0.645. The van der Waals surface area contributed by atoms with Crippen LogP contribution in [0.15, 0.2) is 18.2 Å². The summed E-state index contributed by atoms with van der Waals surface area (Å²) in [6.45, 7) is 0. The number of halogens is 3. The molecule has 0 fully saturated rings. The van der Waals surface area contributed by atoms with Crippen molar-refractivity contribution in [2.45, 2.75) is 18.7 Å². The molecule has 1 aromatic carbocycles. The van der Waals surface area contributed by atoms with E-state index in [2.05, 4.69) is 0 Å². The molecule has 8 heteroatoms. The highest BCUT2D eigenvalue weighted by atomic mass is 19.4. The summed E-state index contributed by atoms with van der Waals surface area (Å²) < 4.78 is 36.1. The van der Waals surface area contributed by atoms with E-state index in [1.54, 1.807) is 0 Å². The summed E-state index contributed by atoms with van der Waals surface area (Å²) in [4.78, 5) is 9.47. The maximum atomic E-state index is 12.0. The van der Waals surface area contributed by atoms with Gasteiger partial charge < -0.3 is 10.2 Å². The highest BCUT2D eigenvalue weighted by molar-refractivity contribution is 5.47. The van der Waals surface area contributed by atoms with Crippen molar-refractivity contribution in [2.24, 2.45) is 0 Å². The van der Waals surface area contributed by atoms with Gasteiger partial charge in [0.15, 0.2) is 11.9 Å². The number of rotatable bonds is 3. The second kappa shape index (κ2) is 4.58. The molecule has 0 bridgehead atoms. The molecule has 1 unspecified atom stereocenters. The summed E-state index contributed by atoms with van der Waals surface area (Å²) in [5.74, 6) is -0.734. The third-order valence-corrected chi connectivity index (χ3v) is 2.04. The molecule has 0 aliphatic carbocycles. The summed E-state index contributed by atoms with van der Waals surface area (Å²) in [5, 5.41) is 28.3. The number of phenolic OH excluding ortho intramolecular Hbond substituents is 1. The van der Waals surface area contributed by atoms with Gasteiger partial charge in [0.2, 0.25) is 0 Å². The van der Waals surface area contributed by atoms with Gasteiger partial charge in [-0.15, -0.1) is 0 Å². The van der Waals surface area contributed by atoms with Gasteiger partial charge in [-0.25, -0.2) is 0 Å². The average Bonchev–Trinajstić information content (AvgIpc) is 2.15. The minimum atomic E-state index is -4.77. The number of hydrogen-bond acceptors (Lipinski definition) is 4. The molecule has 0 heterocycles. The average molecular weight is 251 g/mol. The molecule has 0 saturated carbocycles. The zero-order valence-corrected chi connectivity index (χ0v) is 8.31. The van der Waals surface area contributed by atoms with Crippen LogP contribution in [0, 0.1) is 10.1 Å². The monoisotopic (exact) mass is 251 g/mol. The second-order valence-corrected chi connectivity index (χ2v) is 3.34. The van der Waals surface area contributed by atoms with Crippen LogP contribution in [0.4, 0.5) is 18.9 Å². The Balaban J connectivity index is 2.88. The van der Waals surface area contributed by atoms with Crippen molar-refractivity contribution in [1.29, 1.82) is 0 Å². The Bertz CT molecular complexity index is 433. The SMILES string of the molecule is O=[N+]([O-])c1ccc(CC(O)C(F)(F)F)cc1O. The highest BCUT2D eigenvalue weighted by Gasteiger charge is 2.38. The Morgan fingerprint density at radius 3 is 2.41 bits per heavy atom. The van der Waals surface area contributed by atoms with Crippen molar-refractivity contribution in [2.75, 3.05) is 0 Å². The van der Waals surface area contributed by atoms with Gasteiger partial charge in [-0.1, -0.05) is 6.07 Å². The summed E-state index contributed by atoms with van der Waals surface area (Å²) in [7, 11) is 0. The van der Waals surface area contributed by atoms with Gasteiger partial charge in [0.05, 0.1) is 4.92 Å². The lowest BCUT2D eigenvalue weighted by Crippen LogP contribution is -2.30. The highest BCUT2D eigenvalue weighted by Crippen LogP contribution is 2.29. The lowest BCUT2D eigenvalue weighted by Gasteiger charge is -2.14. The first kappa shape index (κ1) is 13.2. The zero-order chi connectivity index (χ0) is 13.2. The number of aromatic hydroxyl groups is 1. The van der Waals surface area contributed by atoms with Crippen LogP contribution in [0.5, 0.6) is 5.75 Å². The maximum Gasteiger partial charge on any atom is 0.414 e. The zero-order valence-electron chi connectivity index (χ0n) is 8.31. The quantitative estimate of drug-likeness (QED) is 0.633. The Morgan fingerprint density at radius 2 is 2.00 bits per heavy atom. The van der Waals surface area contributed by atoms with Gasteiger partial charge in [0.1, 0.15) is 0 Å². The molecule has 0 amide bonds. The van der Waals surface area contributed by atoms with Crippen molar-refractivity contribution < 1.29 is 28.3 Å². The molecule has 0 aliphatic heterocycles. The molecule has 1 atom stereocenters. The molecule has 94 valence electrons. The molecule has 0 spiro atoms. The molecule has 17 heavy (non-hydrogen) atoms. The number of alkyl halides is 3. The first-order chi connectivity index (χ1) is 7.71. The lowest BCUT2D eigenvalue weighted by molar-refractivity contribution is -0.385. The van der Waals surface area contributed by atoms with Gasteiger partial charge in [0, 0.05) is 12.5 Å². The number of nitrogens with zero attached hydrogens (tertiary/aromatic N) is 1. The largest absolute Gasteiger partial charge is 0.502 e. The van der Waals surface area contributed by atoms with Crippen LogP contribution in [0.2, 0.25) is 0 Å². The van der Waals surface area contributed by atoms with E-state index in [1.165, 1.54) is 0 Å². The smallest absolute Gasteiger partial charge is 0.414 e. The molecule has 0 aromatic heterocycles. The van der Waals surface area contributed by atoms with E-state index < -0.39 is 35.1 Å². The predicted octanol–water partition coefficient (Wildman–Crippen LogP) is 1.77. The number of benzene rings is 1. The van der Waals surface area contributed by atoms with Crippen molar-refractivity contribution in [3.8, 4) is 5.75 Å². The fourth-order valence-electron chi connectivity index (χ4n) is 1.19. The number of nitro benzene ring substituents is 1. The fraction of sp³-hybridized carbons (Fsp3) is 0.333. The lowest BCUT2D eigenvalue weighted by atomic mass is 10.1. The van der Waals surface area contributed by atoms with Crippen LogP contribution < -0.4 is 0 Å². The van der Waals surface area contributed by atoms with Gasteiger partial charge >= 0.3 is 11.9 Å². The minimum Gasteiger partial charge on any atom is -0.502 e. The van der Waals surface area contributed by atoms with Crippen LogP contribution >= 0.6 is 0 Å². The van der Waals surface area contributed by atoms with Gasteiger partial charge in [-0.3, -0.25) is 10.1 Å². The molecule has 0 radical (unpaired) electrons. The topological polar surface area (TPSA) is 83.6 Å². The number of aliphatic hydroxyl groups is 1. The van der Waals surface area contributed by atoms with Crippen LogP contribution in [0.25, 0.3) is 0 Å². The molecule has 1 rings (SSSR count). The number of aliphatic hydroxyl groups excluding tert-OH is 1. The van der Waals surface area contributed by atoms with Crippen molar-refractivity contribution >= 4 is 5.69 Å². The van der Waals surface area contributed by atoms with E-state index in [0.717, 1.165) is 18.2 Å². The van der Waals surface area contributed by atoms with Crippen molar-refractivity contribution in [3.05, 3.63) is 33.9 Å². The summed E-state index contributed by atoms with van der Waals surface area (Å²) >= 11 is 0. The van der Waals surface area contributed by atoms with Crippen molar-refractivity contribution in [3.63, 3.8) is 0 Å². The molecule has 0 aliphatic rings. The number of hydrogen-bond donors (Lipinski definition) is 2. The van der Waals surface area contributed by atoms with Crippen molar-refractivity contribution in [1.82, 2.24) is 0 Å². The third kappa shape index (κ3) is 3.31. The predicted molar refractivity (Wildman–Crippen MR) is 50.5 cm³/mol. The first-order valence-corrected chi connectivity index (χ1v) is 4.43. The third-order valence-electron chi connectivity index (χ3n) is 2.04. The standard InChI is InChI=1S/C9H8F3NO4/c10-9(11,12)8(15)4-5-1-2-6(13(16)17)7(14)3-5/h1-3,8,14-15H,4H2. The van der Waals surface area contributed by atoms with E-state index in [1.807, 2.05) is 0 Å². The fourth-order valence-corrected chi connectivity index (χ4v) is 1.19. The van der Waals surface area contributed by atoms with Crippen LogP contribution in [0.3, 0.4) is 0 Å². The maximum absolute atomic E-state index is 12.0. The Hall–Kier alpha value is -1.83. The Morgan fingerprint density at radius 1 is 1.41 bits per heavy atom. The van der Waals surface area contributed by atoms with Gasteiger partial charge in [-0.2, -0.15) is 13.2 Å². The van der Waals surface area contributed by atoms with Crippen LogP contribution in [-0.4, -0.2) is 27.4 Å². The molecular weight excluding hydrogens is 243 g/mol. The van der Waals surface area contributed by atoms with E-state index >= 15 is 0 Å². The Kier molecular flexibility index (Phi) is 3.56. The van der Waals surface area contributed by atoms with E-state index in [-0.39, 0.29) is 5.56 Å².